The molecule has 1 aliphatic heterocycles. The smallest absolute Gasteiger partial charge is 0.243 e. The Labute approximate surface area is 127 Å². The molecule has 0 aliphatic carbocycles. The molecule has 1 saturated heterocycles. The highest BCUT2D eigenvalue weighted by Crippen LogP contribution is 2.25. The van der Waals surface area contributed by atoms with Crippen molar-refractivity contribution in [1.29, 1.82) is 0 Å². The molecule has 2 atom stereocenters. The summed E-state index contributed by atoms with van der Waals surface area (Å²) in [5.41, 5.74) is 7.57. The minimum Gasteiger partial charge on any atom is -0.375 e. The second kappa shape index (κ2) is 6.44. The van der Waals surface area contributed by atoms with Gasteiger partial charge in [0.15, 0.2) is 0 Å². The van der Waals surface area contributed by atoms with Gasteiger partial charge >= 0.3 is 0 Å². The largest absolute Gasteiger partial charge is 0.375 e. The molecule has 2 rings (SSSR count). The summed E-state index contributed by atoms with van der Waals surface area (Å²) >= 11 is 0. The van der Waals surface area contributed by atoms with Crippen LogP contribution >= 0.6 is 0 Å². The van der Waals surface area contributed by atoms with Gasteiger partial charge in [-0.3, -0.25) is 0 Å². The van der Waals surface area contributed by atoms with Crippen molar-refractivity contribution in [2.24, 2.45) is 5.73 Å². The fraction of sp³-hybridized carbons (Fsp3) is 0.600. The Hall–Kier alpha value is -0.950. The first kappa shape index (κ1) is 16.4. The van der Waals surface area contributed by atoms with E-state index in [0.717, 1.165) is 17.5 Å². The molecule has 5 nitrogen and oxygen atoms in total. The van der Waals surface area contributed by atoms with Crippen LogP contribution in [0.3, 0.4) is 0 Å². The van der Waals surface area contributed by atoms with Crippen LogP contribution in [0, 0.1) is 6.92 Å². The van der Waals surface area contributed by atoms with Gasteiger partial charge in [0, 0.05) is 19.1 Å². The summed E-state index contributed by atoms with van der Waals surface area (Å²) in [5.74, 6) is 0. The summed E-state index contributed by atoms with van der Waals surface area (Å²) in [6, 6.07) is 5.07. The summed E-state index contributed by atoms with van der Waals surface area (Å²) in [4.78, 5) is 0.320. The van der Waals surface area contributed by atoms with Crippen molar-refractivity contribution < 1.29 is 13.2 Å². The molecular weight excluding hydrogens is 288 g/mol. The Morgan fingerprint density at radius 3 is 2.76 bits per heavy atom. The molecule has 0 saturated carbocycles. The molecule has 0 bridgehead atoms. The van der Waals surface area contributed by atoms with Crippen LogP contribution in [-0.2, 0) is 21.3 Å². The monoisotopic (exact) mass is 312 g/mol. The van der Waals surface area contributed by atoms with Crippen LogP contribution in [0.15, 0.2) is 23.1 Å². The Morgan fingerprint density at radius 2 is 2.14 bits per heavy atom. The summed E-state index contributed by atoms with van der Waals surface area (Å²) < 4.78 is 33.0. The van der Waals surface area contributed by atoms with Crippen LogP contribution in [0.5, 0.6) is 0 Å². The lowest BCUT2D eigenvalue weighted by molar-refractivity contribution is -0.0230. The number of ether oxygens (including phenoxy) is 1. The van der Waals surface area contributed by atoms with E-state index in [4.69, 9.17) is 10.5 Å². The molecule has 1 fully saturated rings. The summed E-state index contributed by atoms with van der Waals surface area (Å²) in [6.45, 7) is 7.00. The van der Waals surface area contributed by atoms with E-state index in [-0.39, 0.29) is 12.1 Å². The van der Waals surface area contributed by atoms with Gasteiger partial charge in [0.05, 0.1) is 17.6 Å². The van der Waals surface area contributed by atoms with E-state index in [1.165, 1.54) is 0 Å². The molecule has 0 amide bonds. The van der Waals surface area contributed by atoms with Gasteiger partial charge < -0.3 is 10.5 Å². The zero-order valence-electron chi connectivity index (χ0n) is 12.9. The lowest BCUT2D eigenvalue weighted by Crippen LogP contribution is -2.51. The van der Waals surface area contributed by atoms with Crippen LogP contribution in [0.25, 0.3) is 0 Å². The summed E-state index contributed by atoms with van der Waals surface area (Å²) in [6.07, 6.45) is 0.656. The van der Waals surface area contributed by atoms with E-state index in [1.54, 1.807) is 16.4 Å². The van der Waals surface area contributed by atoms with Crippen molar-refractivity contribution in [3.63, 3.8) is 0 Å². The number of sulfonamides is 1. The molecule has 6 heteroatoms. The van der Waals surface area contributed by atoms with Crippen LogP contribution in [0.2, 0.25) is 0 Å². The van der Waals surface area contributed by atoms with Crippen LogP contribution in [0.1, 0.15) is 31.4 Å². The van der Waals surface area contributed by atoms with Gasteiger partial charge in [-0.25, -0.2) is 8.42 Å². The van der Waals surface area contributed by atoms with Gasteiger partial charge in [0.1, 0.15) is 0 Å². The number of hydrogen-bond donors (Lipinski definition) is 1. The van der Waals surface area contributed by atoms with Crippen molar-refractivity contribution >= 4 is 10.0 Å². The van der Waals surface area contributed by atoms with E-state index in [1.807, 2.05) is 26.8 Å². The summed E-state index contributed by atoms with van der Waals surface area (Å²) in [7, 11) is -3.51. The van der Waals surface area contributed by atoms with Gasteiger partial charge in [-0.2, -0.15) is 4.31 Å². The number of nitrogens with two attached hydrogens (primary N) is 1. The zero-order valence-corrected chi connectivity index (χ0v) is 13.7. The lowest BCUT2D eigenvalue weighted by atomic mass is 10.1. The second-order valence-corrected chi connectivity index (χ2v) is 7.46. The molecule has 21 heavy (non-hydrogen) atoms. The van der Waals surface area contributed by atoms with Crippen LogP contribution < -0.4 is 5.73 Å². The minimum absolute atomic E-state index is 0.0815. The van der Waals surface area contributed by atoms with Crippen LogP contribution in [-0.4, -0.2) is 38.0 Å². The van der Waals surface area contributed by atoms with Gasteiger partial charge in [-0.05, 0) is 43.5 Å². The van der Waals surface area contributed by atoms with Crippen molar-refractivity contribution in [3.05, 3.63) is 29.3 Å². The van der Waals surface area contributed by atoms with Gasteiger partial charge in [0.25, 0.3) is 0 Å². The first-order chi connectivity index (χ1) is 9.90. The van der Waals surface area contributed by atoms with Crippen molar-refractivity contribution in [2.75, 3.05) is 13.2 Å². The second-order valence-electron chi connectivity index (χ2n) is 5.57. The number of rotatable bonds is 4. The third kappa shape index (κ3) is 3.29. The maximum absolute atomic E-state index is 12.9. The first-order valence-electron chi connectivity index (χ1n) is 7.33. The van der Waals surface area contributed by atoms with Crippen LogP contribution in [0.4, 0.5) is 0 Å². The van der Waals surface area contributed by atoms with E-state index in [9.17, 15) is 8.42 Å². The Morgan fingerprint density at radius 1 is 1.43 bits per heavy atom. The molecule has 1 aromatic carbocycles. The van der Waals surface area contributed by atoms with Crippen molar-refractivity contribution in [2.45, 2.75) is 50.8 Å². The average Bonchev–Trinajstić information content (AvgIpc) is 2.47. The predicted octanol–water partition coefficient (Wildman–Crippen LogP) is 1.64. The molecule has 2 N–H and O–H groups in total. The molecule has 0 spiro atoms. The molecule has 0 aromatic heterocycles. The number of morpholine rings is 1. The Balaban J connectivity index is 2.40. The topological polar surface area (TPSA) is 72.6 Å². The number of aryl methyl sites for hydroxylation is 1. The number of hydrogen-bond acceptors (Lipinski definition) is 4. The highest BCUT2D eigenvalue weighted by atomic mass is 32.2. The fourth-order valence-electron chi connectivity index (χ4n) is 2.59. The Kier molecular flexibility index (Phi) is 5.03. The SMILES string of the molecule is CCC1COC(C)CN1S(=O)(=O)c1ccc(C)c(CN)c1. The average molecular weight is 312 g/mol. The first-order valence-corrected chi connectivity index (χ1v) is 8.77. The molecule has 1 aliphatic rings. The van der Waals surface area contributed by atoms with E-state index < -0.39 is 10.0 Å². The van der Waals surface area contributed by atoms with E-state index in [0.29, 0.717) is 24.6 Å². The quantitative estimate of drug-likeness (QED) is 0.917. The van der Waals surface area contributed by atoms with Gasteiger partial charge in [-0.1, -0.05) is 13.0 Å². The van der Waals surface area contributed by atoms with Crippen molar-refractivity contribution in [3.8, 4) is 0 Å². The fourth-order valence-corrected chi connectivity index (χ4v) is 4.40. The molecule has 1 heterocycles. The number of benzene rings is 1. The highest BCUT2D eigenvalue weighted by molar-refractivity contribution is 7.89. The zero-order chi connectivity index (χ0) is 15.6. The maximum Gasteiger partial charge on any atom is 0.243 e. The molecule has 1 aromatic rings. The lowest BCUT2D eigenvalue weighted by Gasteiger charge is -2.37. The molecule has 2 unspecified atom stereocenters. The third-order valence-electron chi connectivity index (χ3n) is 4.04. The predicted molar refractivity (Wildman–Crippen MR) is 82.5 cm³/mol. The van der Waals surface area contributed by atoms with Crippen molar-refractivity contribution in [1.82, 2.24) is 4.31 Å². The van der Waals surface area contributed by atoms with E-state index in [2.05, 4.69) is 0 Å². The van der Waals surface area contributed by atoms with Gasteiger partial charge in [-0.15, -0.1) is 0 Å². The highest BCUT2D eigenvalue weighted by Gasteiger charge is 2.35. The van der Waals surface area contributed by atoms with E-state index >= 15 is 0 Å². The maximum atomic E-state index is 12.9. The molecule has 118 valence electrons. The minimum atomic E-state index is -3.51. The standard InChI is InChI=1S/C15H24N2O3S/c1-4-14-10-20-12(3)9-17(14)21(18,19)15-6-5-11(2)13(7-15)8-16/h5-7,12,14H,4,8-10,16H2,1-3H3. The van der Waals surface area contributed by atoms with Gasteiger partial charge in [0.2, 0.25) is 10.0 Å². The summed E-state index contributed by atoms with van der Waals surface area (Å²) in [5, 5.41) is 0. The normalized spacial score (nSPS) is 24.2. The Bertz CT molecular complexity index is 601. The molecular formula is C15H24N2O3S. The number of nitrogens with zero attached hydrogens (tertiary/aromatic N) is 1. The molecule has 0 radical (unpaired) electrons. The third-order valence-corrected chi connectivity index (χ3v) is 5.95.